The summed E-state index contributed by atoms with van der Waals surface area (Å²) in [6.07, 6.45) is -0.332. The van der Waals surface area contributed by atoms with Crippen LogP contribution in [0.25, 0.3) is 0 Å². The molecule has 0 spiro atoms. The molecule has 1 saturated heterocycles. The van der Waals surface area contributed by atoms with Crippen molar-refractivity contribution in [3.63, 3.8) is 0 Å². The highest BCUT2D eigenvalue weighted by Crippen LogP contribution is 2.24. The summed E-state index contributed by atoms with van der Waals surface area (Å²) in [6, 6.07) is 1.65. The summed E-state index contributed by atoms with van der Waals surface area (Å²) in [6.45, 7) is 9.33. The van der Waals surface area contributed by atoms with E-state index in [9.17, 15) is 4.79 Å². The molecule has 1 aliphatic rings. The van der Waals surface area contributed by atoms with E-state index in [-0.39, 0.29) is 17.4 Å². The lowest BCUT2D eigenvalue weighted by molar-refractivity contribution is 0.0113. The molecule has 1 aromatic rings. The van der Waals surface area contributed by atoms with Crippen molar-refractivity contribution in [2.24, 2.45) is 0 Å². The molecular formula is C14H21ClN4O2. The lowest BCUT2D eigenvalue weighted by Gasteiger charge is -2.36. The second kappa shape index (κ2) is 6.15. The average molecular weight is 313 g/mol. The van der Waals surface area contributed by atoms with E-state index in [2.05, 4.69) is 15.3 Å². The van der Waals surface area contributed by atoms with Crippen molar-refractivity contribution < 1.29 is 9.53 Å². The third-order valence-electron chi connectivity index (χ3n) is 3.06. The molecule has 0 radical (unpaired) electrons. The second-order valence-electron chi connectivity index (χ2n) is 6.10. The van der Waals surface area contributed by atoms with Crippen LogP contribution in [0.2, 0.25) is 5.28 Å². The number of aromatic nitrogens is 2. The smallest absolute Gasteiger partial charge is 0.410 e. The largest absolute Gasteiger partial charge is 0.444 e. The van der Waals surface area contributed by atoms with Crippen LogP contribution in [0, 0.1) is 6.92 Å². The molecular weight excluding hydrogens is 292 g/mol. The van der Waals surface area contributed by atoms with Crippen molar-refractivity contribution in [2.45, 2.75) is 39.3 Å². The maximum absolute atomic E-state index is 12.4. The van der Waals surface area contributed by atoms with Gasteiger partial charge in [-0.1, -0.05) is 0 Å². The Morgan fingerprint density at radius 1 is 1.48 bits per heavy atom. The first-order valence-corrected chi connectivity index (χ1v) is 7.35. The summed E-state index contributed by atoms with van der Waals surface area (Å²) >= 11 is 5.93. The number of amides is 1. The highest BCUT2D eigenvalue weighted by molar-refractivity contribution is 6.28. The molecule has 6 nitrogen and oxygen atoms in total. The van der Waals surface area contributed by atoms with Gasteiger partial charge in [0.15, 0.2) is 0 Å². The third kappa shape index (κ3) is 4.28. The van der Waals surface area contributed by atoms with E-state index < -0.39 is 5.60 Å². The Kier molecular flexibility index (Phi) is 4.68. The number of carbonyl (C=O) groups is 1. The van der Waals surface area contributed by atoms with Gasteiger partial charge in [-0.15, -0.1) is 0 Å². The molecule has 1 aromatic heterocycles. The predicted octanol–water partition coefficient (Wildman–Crippen LogP) is 2.32. The first-order valence-electron chi connectivity index (χ1n) is 6.98. The number of ether oxygens (including phenoxy) is 1. The van der Waals surface area contributed by atoms with E-state index in [1.807, 2.05) is 33.8 Å². The number of carbonyl (C=O) groups excluding carboxylic acids is 1. The highest BCUT2D eigenvalue weighted by atomic mass is 35.5. The van der Waals surface area contributed by atoms with Gasteiger partial charge in [0, 0.05) is 25.3 Å². The Morgan fingerprint density at radius 2 is 2.19 bits per heavy atom. The zero-order valence-electron chi connectivity index (χ0n) is 12.8. The van der Waals surface area contributed by atoms with E-state index in [1.165, 1.54) is 0 Å². The van der Waals surface area contributed by atoms with Gasteiger partial charge in [0.05, 0.1) is 11.7 Å². The van der Waals surface area contributed by atoms with Gasteiger partial charge in [-0.05, 0) is 45.4 Å². The molecule has 0 aliphatic carbocycles. The molecule has 21 heavy (non-hydrogen) atoms. The van der Waals surface area contributed by atoms with Gasteiger partial charge in [0.25, 0.3) is 0 Å². The van der Waals surface area contributed by atoms with Crippen LogP contribution < -0.4 is 5.32 Å². The molecule has 0 saturated carbocycles. The van der Waals surface area contributed by atoms with Gasteiger partial charge in [0.2, 0.25) is 5.28 Å². The van der Waals surface area contributed by atoms with Gasteiger partial charge in [-0.3, -0.25) is 4.90 Å². The third-order valence-corrected chi connectivity index (χ3v) is 3.23. The normalized spacial score (nSPS) is 19.5. The molecule has 1 aliphatic heterocycles. The molecule has 116 valence electrons. The molecule has 2 heterocycles. The molecule has 0 bridgehead atoms. The van der Waals surface area contributed by atoms with Crippen LogP contribution in [0.5, 0.6) is 0 Å². The second-order valence-corrected chi connectivity index (χ2v) is 6.43. The number of rotatable bonds is 1. The maximum Gasteiger partial charge on any atom is 0.410 e. The van der Waals surface area contributed by atoms with E-state index in [1.54, 1.807) is 4.90 Å². The molecule has 0 aromatic carbocycles. The number of halogens is 1. The molecule has 2 rings (SSSR count). The number of aryl methyl sites for hydroxylation is 1. The Balaban J connectivity index is 2.24. The van der Waals surface area contributed by atoms with Crippen LogP contribution in [0.4, 0.5) is 4.79 Å². The van der Waals surface area contributed by atoms with Crippen molar-refractivity contribution in [3.8, 4) is 0 Å². The lowest BCUT2D eigenvalue weighted by atomic mass is 10.1. The minimum atomic E-state index is -0.522. The van der Waals surface area contributed by atoms with Gasteiger partial charge in [0.1, 0.15) is 5.60 Å². The monoisotopic (exact) mass is 312 g/mol. The van der Waals surface area contributed by atoms with Crippen molar-refractivity contribution in [1.29, 1.82) is 0 Å². The fourth-order valence-corrected chi connectivity index (χ4v) is 2.46. The van der Waals surface area contributed by atoms with Crippen molar-refractivity contribution in [2.75, 3.05) is 19.6 Å². The minimum Gasteiger partial charge on any atom is -0.444 e. The van der Waals surface area contributed by atoms with Gasteiger partial charge in [-0.25, -0.2) is 14.8 Å². The van der Waals surface area contributed by atoms with Crippen LogP contribution in [0.3, 0.4) is 0 Å². The molecule has 7 heteroatoms. The van der Waals surface area contributed by atoms with Crippen molar-refractivity contribution >= 4 is 17.7 Å². The Morgan fingerprint density at radius 3 is 2.81 bits per heavy atom. The summed E-state index contributed by atoms with van der Waals surface area (Å²) < 4.78 is 5.47. The van der Waals surface area contributed by atoms with E-state index in [0.29, 0.717) is 13.1 Å². The fourth-order valence-electron chi connectivity index (χ4n) is 2.23. The summed E-state index contributed by atoms with van der Waals surface area (Å²) in [7, 11) is 0. The van der Waals surface area contributed by atoms with E-state index in [4.69, 9.17) is 16.3 Å². The van der Waals surface area contributed by atoms with E-state index in [0.717, 1.165) is 17.9 Å². The van der Waals surface area contributed by atoms with Gasteiger partial charge in [-0.2, -0.15) is 0 Å². The summed E-state index contributed by atoms with van der Waals surface area (Å²) in [5.74, 6) is 0. The van der Waals surface area contributed by atoms with Crippen LogP contribution in [0.15, 0.2) is 6.07 Å². The number of piperazine rings is 1. The predicted molar refractivity (Wildman–Crippen MR) is 80.3 cm³/mol. The topological polar surface area (TPSA) is 67.4 Å². The van der Waals surface area contributed by atoms with Crippen LogP contribution >= 0.6 is 11.6 Å². The van der Waals surface area contributed by atoms with Gasteiger partial charge < -0.3 is 10.1 Å². The molecule has 1 N–H and O–H groups in total. The zero-order valence-corrected chi connectivity index (χ0v) is 13.6. The van der Waals surface area contributed by atoms with Gasteiger partial charge >= 0.3 is 6.09 Å². The van der Waals surface area contributed by atoms with Crippen LogP contribution in [-0.4, -0.2) is 46.2 Å². The number of nitrogens with zero attached hydrogens (tertiary/aromatic N) is 3. The Labute approximate surface area is 129 Å². The Hall–Kier alpha value is -1.40. The Bertz CT molecular complexity index is 510. The number of hydrogen-bond donors (Lipinski definition) is 1. The van der Waals surface area contributed by atoms with Crippen molar-refractivity contribution in [1.82, 2.24) is 20.2 Å². The fraction of sp³-hybridized carbons (Fsp3) is 0.643. The molecule has 1 unspecified atom stereocenters. The zero-order chi connectivity index (χ0) is 15.6. The molecule has 1 amide bonds. The first-order chi connectivity index (χ1) is 9.76. The molecule has 1 fully saturated rings. The average Bonchev–Trinajstić information content (AvgIpc) is 2.35. The van der Waals surface area contributed by atoms with E-state index >= 15 is 0 Å². The number of nitrogens with one attached hydrogen (secondary N) is 1. The lowest BCUT2D eigenvalue weighted by Crippen LogP contribution is -2.50. The summed E-state index contributed by atoms with van der Waals surface area (Å²) in [5.41, 5.74) is 0.983. The molecule has 1 atom stereocenters. The summed E-state index contributed by atoms with van der Waals surface area (Å²) in [4.78, 5) is 22.4. The SMILES string of the molecule is Cc1cc(C2CNCCN2C(=O)OC(C)(C)C)nc(Cl)n1. The van der Waals surface area contributed by atoms with Crippen LogP contribution in [-0.2, 0) is 4.74 Å². The first kappa shape index (κ1) is 16.0. The maximum atomic E-state index is 12.4. The summed E-state index contributed by atoms with van der Waals surface area (Å²) in [5, 5.41) is 3.46. The quantitative estimate of drug-likeness (QED) is 0.806. The number of hydrogen-bond acceptors (Lipinski definition) is 5. The van der Waals surface area contributed by atoms with Crippen LogP contribution in [0.1, 0.15) is 38.2 Å². The van der Waals surface area contributed by atoms with Crippen molar-refractivity contribution in [3.05, 3.63) is 22.7 Å². The standard InChI is InChI=1S/C14H21ClN4O2/c1-9-7-10(18-12(15)17-9)11-8-16-5-6-19(11)13(20)21-14(2,3)4/h7,11,16H,5-6,8H2,1-4H3. The minimum absolute atomic E-state index is 0.194. The highest BCUT2D eigenvalue weighted by Gasteiger charge is 2.32.